The molecule has 0 radical (unpaired) electrons. The number of carbonyl (C=O) groups is 1. The molecule has 0 unspecified atom stereocenters. The molecule has 0 bridgehead atoms. The fourth-order valence-electron chi connectivity index (χ4n) is 4.54. The first-order valence-corrected chi connectivity index (χ1v) is 11.1. The van der Waals surface area contributed by atoms with E-state index < -0.39 is 0 Å². The Morgan fingerprint density at radius 1 is 1.03 bits per heavy atom. The van der Waals surface area contributed by atoms with Crippen LogP contribution in [0.4, 0.5) is 5.69 Å². The number of hydrogen-bond acceptors (Lipinski definition) is 4. The molecule has 2 aliphatic heterocycles. The second-order valence-electron chi connectivity index (χ2n) is 8.31. The van der Waals surface area contributed by atoms with Crippen LogP contribution in [0.2, 0.25) is 0 Å². The van der Waals surface area contributed by atoms with Gasteiger partial charge in [-0.15, -0.1) is 0 Å². The fourth-order valence-corrected chi connectivity index (χ4v) is 4.54. The Kier molecular flexibility index (Phi) is 6.83. The molecular weight excluding hydrogens is 362 g/mol. The quantitative estimate of drug-likeness (QED) is 0.783. The van der Waals surface area contributed by atoms with E-state index >= 15 is 0 Å². The molecule has 0 saturated carbocycles. The Bertz CT molecular complexity index is 732. The second-order valence-corrected chi connectivity index (χ2v) is 8.31. The lowest BCUT2D eigenvalue weighted by atomic mass is 9.92. The number of rotatable bonds is 7. The minimum atomic E-state index is 0.345. The minimum absolute atomic E-state index is 0.345. The zero-order valence-corrected chi connectivity index (χ0v) is 17.3. The van der Waals surface area contributed by atoms with Crippen LogP contribution in [-0.4, -0.2) is 71.5 Å². The van der Waals surface area contributed by atoms with Crippen molar-refractivity contribution in [2.75, 3.05) is 50.7 Å². The van der Waals surface area contributed by atoms with E-state index in [-0.39, 0.29) is 0 Å². The van der Waals surface area contributed by atoms with Crippen LogP contribution in [-0.2, 0) is 11.2 Å². The third kappa shape index (κ3) is 5.60. The lowest BCUT2D eigenvalue weighted by Gasteiger charge is -2.36. The predicted octanol–water partition coefficient (Wildman–Crippen LogP) is 2.79. The highest BCUT2D eigenvalue weighted by atomic mass is 16.2. The maximum absolute atomic E-state index is 12.7. The number of hydrogen-bond donors (Lipinski definition) is 1. The molecule has 1 aromatic carbocycles. The van der Waals surface area contributed by atoms with Gasteiger partial charge in [-0.2, -0.15) is 0 Å². The maximum Gasteiger partial charge on any atom is 0.222 e. The Morgan fingerprint density at radius 2 is 1.79 bits per heavy atom. The van der Waals surface area contributed by atoms with Gasteiger partial charge in [0, 0.05) is 63.6 Å². The summed E-state index contributed by atoms with van der Waals surface area (Å²) in [6.07, 6.45) is 8.89. The van der Waals surface area contributed by atoms with Gasteiger partial charge in [0.1, 0.15) is 5.82 Å². The van der Waals surface area contributed by atoms with Crippen molar-refractivity contribution in [3.63, 3.8) is 0 Å². The van der Waals surface area contributed by atoms with Crippen molar-refractivity contribution in [2.24, 2.45) is 5.92 Å². The van der Waals surface area contributed by atoms with Gasteiger partial charge in [-0.25, -0.2) is 4.98 Å². The van der Waals surface area contributed by atoms with Crippen LogP contribution in [0.15, 0.2) is 42.7 Å². The first kappa shape index (κ1) is 20.0. The van der Waals surface area contributed by atoms with Crippen LogP contribution in [0.3, 0.4) is 0 Å². The Labute approximate surface area is 173 Å². The second kappa shape index (κ2) is 9.92. The number of likely N-dealkylation sites (tertiary alicyclic amines) is 1. The van der Waals surface area contributed by atoms with Crippen molar-refractivity contribution in [1.29, 1.82) is 0 Å². The third-order valence-corrected chi connectivity index (χ3v) is 6.45. The molecule has 2 saturated heterocycles. The Morgan fingerprint density at radius 3 is 2.48 bits per heavy atom. The molecule has 6 nitrogen and oxygen atoms in total. The summed E-state index contributed by atoms with van der Waals surface area (Å²) in [5.74, 6) is 2.12. The lowest BCUT2D eigenvalue weighted by Crippen LogP contribution is -2.48. The van der Waals surface area contributed by atoms with Crippen molar-refractivity contribution < 1.29 is 4.79 Å². The number of anilines is 1. The number of piperazine rings is 1. The number of aromatic amines is 1. The van der Waals surface area contributed by atoms with Gasteiger partial charge >= 0.3 is 0 Å². The van der Waals surface area contributed by atoms with E-state index in [2.05, 4.69) is 48.9 Å². The van der Waals surface area contributed by atoms with Gasteiger partial charge in [0.2, 0.25) is 5.91 Å². The zero-order valence-electron chi connectivity index (χ0n) is 17.3. The average molecular weight is 396 g/mol. The van der Waals surface area contributed by atoms with E-state index in [9.17, 15) is 4.79 Å². The molecule has 0 atom stereocenters. The largest absolute Gasteiger partial charge is 0.368 e. The van der Waals surface area contributed by atoms with Crippen LogP contribution in [0.1, 0.15) is 31.5 Å². The van der Waals surface area contributed by atoms with Gasteiger partial charge in [-0.3, -0.25) is 4.79 Å². The number of carbonyl (C=O) groups excluding carboxylic acids is 1. The standard InChI is InChI=1S/C23H33N5O/c29-23(28-18-16-27(17-19-28)21-4-2-1-3-5-21)7-6-20-8-13-26(14-9-20)15-10-22-24-11-12-25-22/h1-5,11-12,20H,6-10,13-19H2,(H,24,25). The Balaban J connectivity index is 1.12. The van der Waals surface area contributed by atoms with Gasteiger partial charge in [-0.1, -0.05) is 18.2 Å². The van der Waals surface area contributed by atoms with Crippen molar-refractivity contribution in [3.8, 4) is 0 Å². The van der Waals surface area contributed by atoms with Gasteiger partial charge < -0.3 is 19.7 Å². The molecule has 3 heterocycles. The van der Waals surface area contributed by atoms with Crippen LogP contribution < -0.4 is 4.90 Å². The van der Waals surface area contributed by atoms with E-state index in [1.807, 2.05) is 18.5 Å². The zero-order chi connectivity index (χ0) is 19.9. The molecule has 4 rings (SSSR count). The topological polar surface area (TPSA) is 55.5 Å². The summed E-state index contributed by atoms with van der Waals surface area (Å²) < 4.78 is 0. The molecule has 1 amide bonds. The Hall–Kier alpha value is -2.34. The number of imidazole rings is 1. The molecule has 2 aromatic rings. The highest BCUT2D eigenvalue weighted by Gasteiger charge is 2.24. The smallest absolute Gasteiger partial charge is 0.222 e. The first-order chi connectivity index (χ1) is 14.3. The van der Waals surface area contributed by atoms with Crippen LogP contribution >= 0.6 is 0 Å². The summed E-state index contributed by atoms with van der Waals surface area (Å²) in [5.41, 5.74) is 1.26. The number of aromatic nitrogens is 2. The number of amides is 1. The highest BCUT2D eigenvalue weighted by Crippen LogP contribution is 2.23. The van der Waals surface area contributed by atoms with E-state index in [4.69, 9.17) is 0 Å². The normalized spacial score (nSPS) is 18.9. The van der Waals surface area contributed by atoms with Crippen LogP contribution in [0, 0.1) is 5.92 Å². The molecule has 1 aromatic heterocycles. The van der Waals surface area contributed by atoms with Crippen molar-refractivity contribution in [3.05, 3.63) is 48.5 Å². The van der Waals surface area contributed by atoms with Crippen molar-refractivity contribution in [1.82, 2.24) is 19.8 Å². The molecule has 0 aliphatic carbocycles. The number of H-pyrrole nitrogens is 1. The van der Waals surface area contributed by atoms with Crippen LogP contribution in [0.5, 0.6) is 0 Å². The summed E-state index contributed by atoms with van der Waals surface area (Å²) in [6, 6.07) is 10.5. The van der Waals surface area contributed by atoms with Gasteiger partial charge in [0.05, 0.1) is 0 Å². The number of benzene rings is 1. The lowest BCUT2D eigenvalue weighted by molar-refractivity contribution is -0.131. The summed E-state index contributed by atoms with van der Waals surface area (Å²) in [5, 5.41) is 0. The summed E-state index contributed by atoms with van der Waals surface area (Å²) in [7, 11) is 0. The van der Waals surface area contributed by atoms with Gasteiger partial charge in [-0.05, 0) is 50.4 Å². The maximum atomic E-state index is 12.7. The SMILES string of the molecule is O=C(CCC1CCN(CCc2ncc[nH]2)CC1)N1CCN(c2ccccc2)CC1. The van der Waals surface area contributed by atoms with E-state index in [0.717, 1.165) is 64.5 Å². The van der Waals surface area contributed by atoms with E-state index in [0.29, 0.717) is 18.2 Å². The van der Waals surface area contributed by atoms with Crippen molar-refractivity contribution in [2.45, 2.75) is 32.1 Å². The van der Waals surface area contributed by atoms with Gasteiger partial charge in [0.25, 0.3) is 0 Å². The molecule has 29 heavy (non-hydrogen) atoms. The number of nitrogens with one attached hydrogen (secondary N) is 1. The summed E-state index contributed by atoms with van der Waals surface area (Å²) >= 11 is 0. The summed E-state index contributed by atoms with van der Waals surface area (Å²) in [4.78, 5) is 27.1. The molecule has 2 fully saturated rings. The number of piperidine rings is 1. The average Bonchev–Trinajstić information content (AvgIpc) is 3.31. The number of nitrogens with zero attached hydrogens (tertiary/aromatic N) is 4. The highest BCUT2D eigenvalue weighted by molar-refractivity contribution is 5.76. The van der Waals surface area contributed by atoms with Gasteiger partial charge in [0.15, 0.2) is 0 Å². The molecule has 6 heteroatoms. The third-order valence-electron chi connectivity index (χ3n) is 6.45. The van der Waals surface area contributed by atoms with E-state index in [1.54, 1.807) is 0 Å². The monoisotopic (exact) mass is 395 g/mol. The van der Waals surface area contributed by atoms with Crippen LogP contribution in [0.25, 0.3) is 0 Å². The molecule has 0 spiro atoms. The van der Waals surface area contributed by atoms with Crippen molar-refractivity contribution >= 4 is 11.6 Å². The fraction of sp³-hybridized carbons (Fsp3) is 0.565. The molecule has 156 valence electrons. The number of para-hydroxylation sites is 1. The first-order valence-electron chi connectivity index (χ1n) is 11.1. The molecule has 2 aliphatic rings. The molecular formula is C23H33N5O. The summed E-state index contributed by atoms with van der Waals surface area (Å²) in [6.45, 7) is 6.93. The van der Waals surface area contributed by atoms with E-state index in [1.165, 1.54) is 18.5 Å². The molecule has 1 N–H and O–H groups in total. The minimum Gasteiger partial charge on any atom is -0.368 e. The predicted molar refractivity (Wildman–Crippen MR) is 116 cm³/mol.